The van der Waals surface area contributed by atoms with E-state index in [0.29, 0.717) is 12.8 Å². The van der Waals surface area contributed by atoms with E-state index in [0.717, 1.165) is 5.56 Å². The van der Waals surface area contributed by atoms with Crippen LogP contribution in [0, 0.1) is 6.92 Å². The molecule has 0 fully saturated rings. The summed E-state index contributed by atoms with van der Waals surface area (Å²) in [6, 6.07) is 0.751. The number of carbonyl (C=O) groups excluding carboxylic acids is 1. The first-order valence-electron chi connectivity index (χ1n) is 6.12. The number of pyridine rings is 1. The second kappa shape index (κ2) is 7.29. The fourth-order valence-electron chi connectivity index (χ4n) is 1.56. The van der Waals surface area contributed by atoms with Crippen molar-refractivity contribution in [3.63, 3.8) is 0 Å². The Morgan fingerprint density at radius 1 is 1.50 bits per heavy atom. The second-order valence-corrected chi connectivity index (χ2v) is 4.39. The van der Waals surface area contributed by atoms with Gasteiger partial charge in [-0.1, -0.05) is 0 Å². The highest BCUT2D eigenvalue weighted by Crippen LogP contribution is 2.04. The molecule has 8 heteroatoms. The van der Waals surface area contributed by atoms with Crippen LogP contribution in [0.4, 0.5) is 10.5 Å². The number of carbonyl (C=O) groups is 2. The van der Waals surface area contributed by atoms with Crippen LogP contribution in [0.2, 0.25) is 0 Å². The van der Waals surface area contributed by atoms with E-state index in [1.807, 2.05) is 0 Å². The largest absolute Gasteiger partial charge is 0.465 e. The lowest BCUT2D eigenvalue weighted by Gasteiger charge is -2.12. The van der Waals surface area contributed by atoms with Gasteiger partial charge in [0.05, 0.1) is 6.04 Å². The number of hydrogen-bond donors (Lipinski definition) is 5. The summed E-state index contributed by atoms with van der Waals surface area (Å²) in [7, 11) is 0. The summed E-state index contributed by atoms with van der Waals surface area (Å²) >= 11 is 0. The topological polar surface area (TPSA) is 137 Å². The van der Waals surface area contributed by atoms with Crippen molar-refractivity contribution in [2.75, 3.05) is 11.9 Å². The average molecular weight is 282 g/mol. The Morgan fingerprint density at radius 3 is 2.85 bits per heavy atom. The molecule has 1 aromatic heterocycles. The van der Waals surface area contributed by atoms with Crippen LogP contribution in [0.5, 0.6) is 0 Å². The summed E-state index contributed by atoms with van der Waals surface area (Å²) in [4.78, 5) is 36.0. The molecule has 1 atom stereocenters. The van der Waals surface area contributed by atoms with Gasteiger partial charge in [-0.05, 0) is 31.4 Å². The molecule has 8 nitrogen and oxygen atoms in total. The molecule has 0 aliphatic carbocycles. The lowest BCUT2D eigenvalue weighted by molar-refractivity contribution is -0.117. The van der Waals surface area contributed by atoms with Crippen LogP contribution in [-0.4, -0.2) is 34.7 Å². The average Bonchev–Trinajstić information content (AvgIpc) is 2.38. The van der Waals surface area contributed by atoms with Gasteiger partial charge in [-0.2, -0.15) is 0 Å². The number of carboxylic acid groups (broad SMARTS) is 1. The Kier molecular flexibility index (Phi) is 5.73. The lowest BCUT2D eigenvalue weighted by atomic mass is 10.1. The number of H-pyrrole nitrogens is 1. The molecule has 2 amide bonds. The third-order valence-electron chi connectivity index (χ3n) is 2.61. The molecule has 0 spiro atoms. The minimum atomic E-state index is -1.12. The van der Waals surface area contributed by atoms with Crippen molar-refractivity contribution in [3.05, 3.63) is 28.2 Å². The third-order valence-corrected chi connectivity index (χ3v) is 2.61. The van der Waals surface area contributed by atoms with Crippen LogP contribution in [0.15, 0.2) is 17.1 Å². The first-order valence-corrected chi connectivity index (χ1v) is 6.12. The van der Waals surface area contributed by atoms with Crippen LogP contribution in [0.3, 0.4) is 0 Å². The fourth-order valence-corrected chi connectivity index (χ4v) is 1.56. The van der Waals surface area contributed by atoms with Gasteiger partial charge in [-0.3, -0.25) is 9.59 Å². The van der Waals surface area contributed by atoms with E-state index in [2.05, 4.69) is 15.6 Å². The summed E-state index contributed by atoms with van der Waals surface area (Å²) in [6.45, 7) is 2.00. The Hall–Kier alpha value is -2.35. The van der Waals surface area contributed by atoms with Gasteiger partial charge in [0.15, 0.2) is 0 Å². The van der Waals surface area contributed by atoms with Gasteiger partial charge in [0.1, 0.15) is 5.69 Å². The van der Waals surface area contributed by atoms with Gasteiger partial charge in [-0.15, -0.1) is 0 Å². The van der Waals surface area contributed by atoms with E-state index < -0.39 is 23.6 Å². The van der Waals surface area contributed by atoms with Gasteiger partial charge >= 0.3 is 6.09 Å². The minimum Gasteiger partial charge on any atom is -0.465 e. The molecule has 0 aromatic carbocycles. The summed E-state index contributed by atoms with van der Waals surface area (Å²) in [6.07, 6.45) is 1.17. The third kappa shape index (κ3) is 5.11. The van der Waals surface area contributed by atoms with Crippen molar-refractivity contribution in [1.82, 2.24) is 10.3 Å². The SMILES string of the molecule is Cc1c[nH]c(=O)c(NC(=O)C(N)CCCNC(=O)O)c1. The molecule has 110 valence electrons. The quantitative estimate of drug-likeness (QED) is 0.467. The molecule has 1 rings (SSSR count). The highest BCUT2D eigenvalue weighted by Gasteiger charge is 2.14. The van der Waals surface area contributed by atoms with Crippen molar-refractivity contribution in [2.24, 2.45) is 5.73 Å². The maximum atomic E-state index is 11.8. The number of nitrogens with one attached hydrogen (secondary N) is 3. The van der Waals surface area contributed by atoms with E-state index in [-0.39, 0.29) is 12.2 Å². The first kappa shape index (κ1) is 15.7. The molecule has 0 radical (unpaired) electrons. The van der Waals surface area contributed by atoms with Crippen molar-refractivity contribution in [3.8, 4) is 0 Å². The van der Waals surface area contributed by atoms with Gasteiger partial charge in [0.25, 0.3) is 5.56 Å². The van der Waals surface area contributed by atoms with E-state index in [4.69, 9.17) is 10.8 Å². The molecule has 0 saturated carbocycles. The van der Waals surface area contributed by atoms with Crippen LogP contribution in [0.1, 0.15) is 18.4 Å². The molecule has 20 heavy (non-hydrogen) atoms. The van der Waals surface area contributed by atoms with Gasteiger partial charge in [0.2, 0.25) is 5.91 Å². The molecule has 0 saturated heterocycles. The van der Waals surface area contributed by atoms with Crippen LogP contribution < -0.4 is 21.9 Å². The molecule has 1 heterocycles. The number of aromatic amines is 1. The van der Waals surface area contributed by atoms with E-state index in [1.54, 1.807) is 13.0 Å². The molecular formula is C12H18N4O4. The number of anilines is 1. The number of rotatable bonds is 6. The molecule has 1 unspecified atom stereocenters. The van der Waals surface area contributed by atoms with Gasteiger partial charge in [0, 0.05) is 12.7 Å². The molecular weight excluding hydrogens is 264 g/mol. The normalized spacial score (nSPS) is 11.7. The minimum absolute atomic E-state index is 0.147. The van der Waals surface area contributed by atoms with Crippen molar-refractivity contribution < 1.29 is 14.7 Å². The maximum absolute atomic E-state index is 11.8. The van der Waals surface area contributed by atoms with E-state index in [1.165, 1.54) is 6.20 Å². The first-order chi connectivity index (χ1) is 9.40. The standard InChI is InChI=1S/C12H18N4O4/c1-7-5-9(11(18)15-6-7)16-10(17)8(13)3-2-4-14-12(19)20/h5-6,8,14H,2-4,13H2,1H3,(H,15,18)(H,16,17)(H,19,20). The zero-order valence-electron chi connectivity index (χ0n) is 11.1. The Labute approximate surface area is 115 Å². The Morgan fingerprint density at radius 2 is 2.20 bits per heavy atom. The van der Waals surface area contributed by atoms with E-state index in [9.17, 15) is 14.4 Å². The number of aromatic nitrogens is 1. The maximum Gasteiger partial charge on any atom is 0.404 e. The van der Waals surface area contributed by atoms with E-state index >= 15 is 0 Å². The van der Waals surface area contributed by atoms with Crippen LogP contribution in [-0.2, 0) is 4.79 Å². The summed E-state index contributed by atoms with van der Waals surface area (Å²) in [5.41, 5.74) is 6.22. The van der Waals surface area contributed by atoms with Crippen molar-refractivity contribution in [1.29, 1.82) is 0 Å². The van der Waals surface area contributed by atoms with Crippen LogP contribution >= 0.6 is 0 Å². The molecule has 1 aromatic rings. The van der Waals surface area contributed by atoms with Crippen LogP contribution in [0.25, 0.3) is 0 Å². The number of hydrogen-bond acceptors (Lipinski definition) is 4. The molecule has 0 bridgehead atoms. The fraction of sp³-hybridized carbons (Fsp3) is 0.417. The Balaban J connectivity index is 2.47. The predicted octanol–water partition coefficient (Wildman–Crippen LogP) is -0.00308. The lowest BCUT2D eigenvalue weighted by Crippen LogP contribution is -2.37. The smallest absolute Gasteiger partial charge is 0.404 e. The monoisotopic (exact) mass is 282 g/mol. The molecule has 0 aliphatic rings. The summed E-state index contributed by atoms with van der Waals surface area (Å²) < 4.78 is 0. The van der Waals surface area contributed by atoms with Gasteiger partial charge in [-0.25, -0.2) is 4.79 Å². The highest BCUT2D eigenvalue weighted by atomic mass is 16.4. The number of nitrogens with two attached hydrogens (primary N) is 1. The Bertz CT molecular complexity index is 541. The number of amides is 2. The zero-order valence-corrected chi connectivity index (χ0v) is 11.1. The second-order valence-electron chi connectivity index (χ2n) is 4.39. The van der Waals surface area contributed by atoms with Gasteiger partial charge < -0.3 is 26.5 Å². The predicted molar refractivity (Wildman–Crippen MR) is 73.7 cm³/mol. The molecule has 6 N–H and O–H groups in total. The highest BCUT2D eigenvalue weighted by molar-refractivity contribution is 5.94. The number of aryl methyl sites for hydroxylation is 1. The zero-order chi connectivity index (χ0) is 15.1. The van der Waals surface area contributed by atoms with Crippen molar-refractivity contribution in [2.45, 2.75) is 25.8 Å². The molecule has 0 aliphatic heterocycles. The summed E-state index contributed by atoms with van der Waals surface area (Å²) in [5, 5.41) is 13.0. The van der Waals surface area contributed by atoms with Crippen molar-refractivity contribution >= 4 is 17.7 Å². The summed E-state index contributed by atoms with van der Waals surface area (Å²) in [5.74, 6) is -0.476.